The molecule has 1 unspecified atom stereocenters. The molecule has 0 radical (unpaired) electrons. The van der Waals surface area contributed by atoms with Gasteiger partial charge in [-0.1, -0.05) is 6.07 Å². The molecule has 27 heavy (non-hydrogen) atoms. The normalized spacial score (nSPS) is 17.3. The molecule has 6 heteroatoms. The molecule has 1 aliphatic rings. The van der Waals surface area contributed by atoms with Crippen LogP contribution in [0, 0.1) is 5.82 Å². The van der Waals surface area contributed by atoms with Gasteiger partial charge in [-0.05, 0) is 48.7 Å². The van der Waals surface area contributed by atoms with Crippen molar-refractivity contribution in [3.63, 3.8) is 0 Å². The molecule has 2 aromatic carbocycles. The number of nitrogens with one attached hydrogen (secondary N) is 1. The van der Waals surface area contributed by atoms with Gasteiger partial charge in [-0.25, -0.2) is 9.18 Å². The summed E-state index contributed by atoms with van der Waals surface area (Å²) < 4.78 is 24.5. The van der Waals surface area contributed by atoms with Gasteiger partial charge in [0.05, 0.1) is 18.1 Å². The third-order valence-electron chi connectivity index (χ3n) is 4.91. The predicted molar refractivity (Wildman–Crippen MR) is 104 cm³/mol. The first kappa shape index (κ1) is 17.5. The highest BCUT2D eigenvalue weighted by atomic mass is 19.1. The number of nitrogens with zero attached hydrogens (tertiary/aromatic N) is 1. The molecule has 1 atom stereocenters. The highest BCUT2D eigenvalue weighted by Crippen LogP contribution is 2.32. The van der Waals surface area contributed by atoms with Gasteiger partial charge in [-0.15, -0.1) is 0 Å². The Morgan fingerprint density at radius 3 is 2.85 bits per heavy atom. The van der Waals surface area contributed by atoms with Gasteiger partial charge in [0.2, 0.25) is 0 Å². The fourth-order valence-electron chi connectivity index (χ4n) is 3.54. The van der Waals surface area contributed by atoms with Crippen LogP contribution in [0.15, 0.2) is 51.7 Å². The molecule has 1 fully saturated rings. The molecule has 0 aliphatic carbocycles. The summed E-state index contributed by atoms with van der Waals surface area (Å²) >= 11 is 0. The number of rotatable bonds is 3. The molecule has 2 heterocycles. The minimum atomic E-state index is -0.446. The lowest BCUT2D eigenvalue weighted by Gasteiger charge is -2.33. The maximum atomic E-state index is 13.7. The summed E-state index contributed by atoms with van der Waals surface area (Å²) in [6, 6.07) is 12.1. The molecule has 5 nitrogen and oxygen atoms in total. The van der Waals surface area contributed by atoms with Crippen molar-refractivity contribution >= 4 is 16.5 Å². The third kappa shape index (κ3) is 3.40. The van der Waals surface area contributed by atoms with E-state index in [-0.39, 0.29) is 5.76 Å². The molecule has 1 aromatic heterocycles. The van der Waals surface area contributed by atoms with Crippen LogP contribution in [0.4, 0.5) is 10.1 Å². The second kappa shape index (κ2) is 7.04. The highest BCUT2D eigenvalue weighted by molar-refractivity contribution is 5.87. The molecule has 1 aliphatic heterocycles. The lowest BCUT2D eigenvalue weighted by Crippen LogP contribution is -2.49. The summed E-state index contributed by atoms with van der Waals surface area (Å²) in [6.45, 7) is 4.82. The van der Waals surface area contributed by atoms with Gasteiger partial charge in [0.25, 0.3) is 0 Å². The van der Waals surface area contributed by atoms with Crippen molar-refractivity contribution in [1.82, 2.24) is 5.32 Å². The molecule has 0 spiro atoms. The van der Waals surface area contributed by atoms with E-state index in [0.717, 1.165) is 30.7 Å². The van der Waals surface area contributed by atoms with Crippen molar-refractivity contribution in [1.29, 1.82) is 0 Å². The zero-order valence-corrected chi connectivity index (χ0v) is 15.3. The third-order valence-corrected chi connectivity index (χ3v) is 4.91. The standard InChI is InChI=1S/C21H21FN2O3/c1-13-12-24(8-7-23-13)16-5-3-14-9-20(27-21(25)17(14)11-16)18-10-15(22)4-6-19(18)26-2/h3-6,9-11,13,23H,7-8,12H2,1-2H3. The van der Waals surface area contributed by atoms with Crippen LogP contribution in [-0.2, 0) is 0 Å². The van der Waals surface area contributed by atoms with E-state index in [9.17, 15) is 9.18 Å². The Morgan fingerprint density at radius 2 is 2.07 bits per heavy atom. The van der Waals surface area contributed by atoms with Crippen molar-refractivity contribution in [2.45, 2.75) is 13.0 Å². The molecule has 0 saturated carbocycles. The van der Waals surface area contributed by atoms with Gasteiger partial charge >= 0.3 is 5.63 Å². The van der Waals surface area contributed by atoms with Crippen molar-refractivity contribution in [2.75, 3.05) is 31.6 Å². The number of methoxy groups -OCH3 is 1. The minimum absolute atomic E-state index is 0.285. The van der Waals surface area contributed by atoms with Crippen molar-refractivity contribution in [3.8, 4) is 17.1 Å². The van der Waals surface area contributed by atoms with E-state index in [1.165, 1.54) is 25.3 Å². The number of hydrogen-bond acceptors (Lipinski definition) is 5. The van der Waals surface area contributed by atoms with E-state index in [1.54, 1.807) is 6.07 Å². The van der Waals surface area contributed by atoms with E-state index < -0.39 is 11.4 Å². The Hall–Kier alpha value is -2.86. The number of anilines is 1. The molecular formula is C21H21FN2O3. The summed E-state index contributed by atoms with van der Waals surface area (Å²) in [7, 11) is 1.50. The largest absolute Gasteiger partial charge is 0.496 e. The average molecular weight is 368 g/mol. The number of ether oxygens (including phenoxy) is 1. The number of halogens is 1. The second-order valence-electron chi connectivity index (χ2n) is 6.82. The average Bonchev–Trinajstić information content (AvgIpc) is 2.67. The smallest absolute Gasteiger partial charge is 0.344 e. The fourth-order valence-corrected chi connectivity index (χ4v) is 3.54. The van der Waals surface area contributed by atoms with Crippen LogP contribution in [0.5, 0.6) is 5.75 Å². The summed E-state index contributed by atoms with van der Waals surface area (Å²) in [6.07, 6.45) is 0. The number of benzene rings is 2. The predicted octanol–water partition coefficient (Wildman–Crippen LogP) is 3.41. The van der Waals surface area contributed by atoms with E-state index in [4.69, 9.17) is 9.15 Å². The van der Waals surface area contributed by atoms with Crippen LogP contribution in [0.1, 0.15) is 6.92 Å². The molecule has 3 aromatic rings. The van der Waals surface area contributed by atoms with Gasteiger partial charge in [0.1, 0.15) is 17.3 Å². The fraction of sp³-hybridized carbons (Fsp3) is 0.286. The molecule has 1 N–H and O–H groups in total. The number of fused-ring (bicyclic) bond motifs is 1. The monoisotopic (exact) mass is 368 g/mol. The highest BCUT2D eigenvalue weighted by Gasteiger charge is 2.18. The maximum Gasteiger partial charge on any atom is 0.344 e. The maximum absolute atomic E-state index is 13.7. The van der Waals surface area contributed by atoms with Gasteiger partial charge in [-0.2, -0.15) is 0 Å². The molecular weight excluding hydrogens is 347 g/mol. The second-order valence-corrected chi connectivity index (χ2v) is 6.82. The molecule has 1 saturated heterocycles. The summed E-state index contributed by atoms with van der Waals surface area (Å²) in [4.78, 5) is 14.9. The van der Waals surface area contributed by atoms with Crippen LogP contribution in [0.3, 0.4) is 0 Å². The van der Waals surface area contributed by atoms with Crippen molar-refractivity contribution in [2.24, 2.45) is 0 Å². The Kier molecular flexibility index (Phi) is 4.58. The van der Waals surface area contributed by atoms with Gasteiger partial charge in [0.15, 0.2) is 0 Å². The first-order valence-corrected chi connectivity index (χ1v) is 8.95. The van der Waals surface area contributed by atoms with Crippen LogP contribution in [0.25, 0.3) is 22.1 Å². The van der Waals surface area contributed by atoms with Crippen LogP contribution in [0.2, 0.25) is 0 Å². The van der Waals surface area contributed by atoms with Gasteiger partial charge in [-0.3, -0.25) is 0 Å². The Balaban J connectivity index is 1.78. The molecule has 140 valence electrons. The van der Waals surface area contributed by atoms with E-state index in [1.807, 2.05) is 18.2 Å². The minimum Gasteiger partial charge on any atom is -0.496 e. The summed E-state index contributed by atoms with van der Waals surface area (Å²) in [5, 5.41) is 4.67. The van der Waals surface area contributed by atoms with E-state index in [0.29, 0.717) is 22.7 Å². The zero-order valence-electron chi connectivity index (χ0n) is 15.3. The first-order valence-electron chi connectivity index (χ1n) is 8.95. The summed E-state index contributed by atoms with van der Waals surface area (Å²) in [5.41, 5.74) is 0.967. The Labute approximate surface area is 156 Å². The summed E-state index contributed by atoms with van der Waals surface area (Å²) in [5.74, 6) is 0.314. The molecule has 0 bridgehead atoms. The van der Waals surface area contributed by atoms with Gasteiger partial charge < -0.3 is 19.4 Å². The van der Waals surface area contributed by atoms with E-state index in [2.05, 4.69) is 17.1 Å². The zero-order chi connectivity index (χ0) is 19.0. The van der Waals surface area contributed by atoms with Crippen molar-refractivity contribution in [3.05, 3.63) is 58.7 Å². The SMILES string of the molecule is COc1ccc(F)cc1-c1cc2ccc(N3CCNC(C)C3)cc2c(=O)o1. The van der Waals surface area contributed by atoms with E-state index >= 15 is 0 Å². The first-order chi connectivity index (χ1) is 13.0. The lowest BCUT2D eigenvalue weighted by molar-refractivity contribution is 0.412. The van der Waals surface area contributed by atoms with Crippen LogP contribution < -0.4 is 20.6 Å². The van der Waals surface area contributed by atoms with Crippen LogP contribution in [-0.4, -0.2) is 32.8 Å². The van der Waals surface area contributed by atoms with Crippen LogP contribution >= 0.6 is 0 Å². The van der Waals surface area contributed by atoms with Gasteiger partial charge in [0, 0.05) is 31.4 Å². The van der Waals surface area contributed by atoms with Crippen molar-refractivity contribution < 1.29 is 13.5 Å². The Morgan fingerprint density at radius 1 is 1.22 bits per heavy atom. The topological polar surface area (TPSA) is 54.7 Å². The quantitative estimate of drug-likeness (QED) is 0.768. The molecule has 4 rings (SSSR count). The Bertz CT molecular complexity index is 1050. The number of hydrogen-bond donors (Lipinski definition) is 1. The lowest BCUT2D eigenvalue weighted by atomic mass is 10.1. The molecule has 0 amide bonds. The number of piperazine rings is 1.